The zero-order chi connectivity index (χ0) is 15.9. The van der Waals surface area contributed by atoms with Gasteiger partial charge in [-0.2, -0.15) is 5.10 Å². The highest BCUT2D eigenvalue weighted by Crippen LogP contribution is 2.39. The van der Waals surface area contributed by atoms with E-state index in [2.05, 4.69) is 78.1 Å². The minimum atomic E-state index is 0.296. The number of aryl methyl sites for hydroxylation is 1. The summed E-state index contributed by atoms with van der Waals surface area (Å²) < 4.78 is 4.57. The molecule has 0 spiro atoms. The fourth-order valence-corrected chi connectivity index (χ4v) is 5.81. The van der Waals surface area contributed by atoms with Gasteiger partial charge in [-0.05, 0) is 63.4 Å². The van der Waals surface area contributed by atoms with Crippen LogP contribution in [-0.4, -0.2) is 9.78 Å². The zero-order valence-corrected chi connectivity index (χ0v) is 18.3. The topological polar surface area (TPSA) is 17.8 Å². The minimum Gasteiger partial charge on any atom is -0.261 e. The van der Waals surface area contributed by atoms with Crippen LogP contribution in [0.25, 0.3) is 0 Å². The summed E-state index contributed by atoms with van der Waals surface area (Å²) in [5.41, 5.74) is 1.79. The number of hydrogen-bond acceptors (Lipinski definition) is 1. The molecular weight excluding hydrogens is 486 g/mol. The molecule has 21 heavy (non-hydrogen) atoms. The zero-order valence-electron chi connectivity index (χ0n) is 14.0. The summed E-state index contributed by atoms with van der Waals surface area (Å²) in [4.78, 5) is 0. The maximum atomic E-state index is 4.65. The van der Waals surface area contributed by atoms with Gasteiger partial charge in [-0.15, -0.1) is 0 Å². The third-order valence-electron chi connectivity index (χ3n) is 4.45. The SMILES string of the molecule is CCCCCCC(C)(CCCCC)c1c(I)nn(C)c1I. The highest BCUT2D eigenvalue weighted by molar-refractivity contribution is 14.1. The molecule has 0 saturated heterocycles. The molecule has 0 aliphatic heterocycles. The Labute approximate surface area is 158 Å². The lowest BCUT2D eigenvalue weighted by Gasteiger charge is -2.30. The molecule has 1 atom stereocenters. The van der Waals surface area contributed by atoms with Crippen molar-refractivity contribution in [1.82, 2.24) is 9.78 Å². The smallest absolute Gasteiger partial charge is 0.128 e. The predicted octanol–water partition coefficient (Wildman–Crippen LogP) is 6.44. The van der Waals surface area contributed by atoms with Crippen LogP contribution in [-0.2, 0) is 12.5 Å². The Morgan fingerprint density at radius 3 is 1.95 bits per heavy atom. The van der Waals surface area contributed by atoms with Crippen LogP contribution < -0.4 is 0 Å². The second kappa shape index (κ2) is 9.73. The Kier molecular flexibility index (Phi) is 9.13. The van der Waals surface area contributed by atoms with Crippen molar-refractivity contribution in [2.24, 2.45) is 7.05 Å². The maximum Gasteiger partial charge on any atom is 0.128 e. The quantitative estimate of drug-likeness (QED) is 0.259. The average Bonchev–Trinajstić information content (AvgIpc) is 2.69. The fourth-order valence-electron chi connectivity index (χ4n) is 3.05. The summed E-state index contributed by atoms with van der Waals surface area (Å²) in [6.45, 7) is 7.04. The van der Waals surface area contributed by atoms with Crippen LogP contribution in [0.5, 0.6) is 0 Å². The lowest BCUT2D eigenvalue weighted by Crippen LogP contribution is -2.24. The van der Waals surface area contributed by atoms with Gasteiger partial charge in [-0.25, -0.2) is 0 Å². The van der Waals surface area contributed by atoms with Gasteiger partial charge in [0.2, 0.25) is 0 Å². The van der Waals surface area contributed by atoms with Crippen LogP contribution in [0.15, 0.2) is 0 Å². The van der Waals surface area contributed by atoms with Crippen molar-refractivity contribution in [2.75, 3.05) is 0 Å². The second-order valence-electron chi connectivity index (χ2n) is 6.41. The molecule has 0 aliphatic carbocycles. The van der Waals surface area contributed by atoms with Gasteiger partial charge in [0.1, 0.15) is 7.40 Å². The molecule has 0 aliphatic rings. The summed E-state index contributed by atoms with van der Waals surface area (Å²) >= 11 is 4.90. The molecule has 122 valence electrons. The number of halogens is 2. The van der Waals surface area contributed by atoms with Gasteiger partial charge in [0.25, 0.3) is 0 Å². The Balaban J connectivity index is 2.88. The van der Waals surface area contributed by atoms with Gasteiger partial charge in [0, 0.05) is 12.6 Å². The predicted molar refractivity (Wildman–Crippen MR) is 109 cm³/mol. The molecule has 0 aromatic carbocycles. The van der Waals surface area contributed by atoms with Crippen molar-refractivity contribution in [1.29, 1.82) is 0 Å². The number of unbranched alkanes of at least 4 members (excludes halogenated alkanes) is 5. The van der Waals surface area contributed by atoms with E-state index in [4.69, 9.17) is 0 Å². The molecule has 0 bridgehead atoms. The Morgan fingerprint density at radius 2 is 1.48 bits per heavy atom. The molecule has 2 nitrogen and oxygen atoms in total. The van der Waals surface area contributed by atoms with E-state index in [9.17, 15) is 0 Å². The average molecular weight is 516 g/mol. The number of nitrogens with zero attached hydrogens (tertiary/aromatic N) is 2. The van der Waals surface area contributed by atoms with Crippen molar-refractivity contribution < 1.29 is 0 Å². The molecular formula is C17H30I2N2. The van der Waals surface area contributed by atoms with Gasteiger partial charge < -0.3 is 0 Å². The first-order valence-corrected chi connectivity index (χ1v) is 10.5. The first-order chi connectivity index (χ1) is 9.96. The lowest BCUT2D eigenvalue weighted by atomic mass is 9.75. The highest BCUT2D eigenvalue weighted by atomic mass is 127. The first kappa shape index (κ1) is 19.7. The molecule has 1 rings (SSSR count). The molecule has 4 heteroatoms. The number of aromatic nitrogens is 2. The van der Waals surface area contributed by atoms with Gasteiger partial charge in [0.15, 0.2) is 0 Å². The van der Waals surface area contributed by atoms with Crippen LogP contribution in [0, 0.1) is 7.40 Å². The largest absolute Gasteiger partial charge is 0.261 e. The molecule has 1 heterocycles. The highest BCUT2D eigenvalue weighted by Gasteiger charge is 2.32. The van der Waals surface area contributed by atoms with E-state index in [0.29, 0.717) is 5.41 Å². The molecule has 0 fully saturated rings. The minimum absolute atomic E-state index is 0.296. The van der Waals surface area contributed by atoms with E-state index in [1.165, 1.54) is 70.8 Å². The number of hydrogen-bond donors (Lipinski definition) is 0. The normalized spacial score (nSPS) is 14.4. The second-order valence-corrected chi connectivity index (χ2v) is 8.45. The van der Waals surface area contributed by atoms with E-state index < -0.39 is 0 Å². The van der Waals surface area contributed by atoms with Crippen molar-refractivity contribution in [3.8, 4) is 0 Å². The van der Waals surface area contributed by atoms with Gasteiger partial charge >= 0.3 is 0 Å². The van der Waals surface area contributed by atoms with E-state index >= 15 is 0 Å². The standard InChI is InChI=1S/C17H30I2N2/c1-5-7-9-11-13-17(3,12-10-8-6-2)14-15(18)20-21(4)16(14)19/h5-13H2,1-4H3. The summed E-state index contributed by atoms with van der Waals surface area (Å²) in [6.07, 6.45) is 12.0. The molecule has 0 radical (unpaired) electrons. The first-order valence-electron chi connectivity index (χ1n) is 8.34. The molecule has 1 aromatic heterocycles. The maximum absolute atomic E-state index is 4.65. The third kappa shape index (κ3) is 5.66. The van der Waals surface area contributed by atoms with E-state index in [1.807, 2.05) is 4.68 Å². The van der Waals surface area contributed by atoms with Crippen molar-refractivity contribution in [3.05, 3.63) is 13.0 Å². The van der Waals surface area contributed by atoms with E-state index in [1.54, 1.807) is 0 Å². The fraction of sp³-hybridized carbons (Fsp3) is 0.824. The summed E-state index contributed by atoms with van der Waals surface area (Å²) in [6, 6.07) is 0. The van der Waals surface area contributed by atoms with Crippen molar-refractivity contribution in [2.45, 2.75) is 84.0 Å². The third-order valence-corrected chi connectivity index (χ3v) is 6.44. The monoisotopic (exact) mass is 516 g/mol. The van der Waals surface area contributed by atoms with Crippen LogP contribution >= 0.6 is 45.2 Å². The van der Waals surface area contributed by atoms with Crippen LogP contribution in [0.4, 0.5) is 0 Å². The molecule has 0 N–H and O–H groups in total. The van der Waals surface area contributed by atoms with E-state index in [0.717, 1.165) is 0 Å². The summed E-state index contributed by atoms with van der Waals surface area (Å²) in [5.74, 6) is 0. The molecule has 0 amide bonds. The molecule has 1 unspecified atom stereocenters. The molecule has 0 saturated carbocycles. The van der Waals surface area contributed by atoms with Gasteiger partial charge in [-0.1, -0.05) is 65.7 Å². The van der Waals surface area contributed by atoms with Crippen molar-refractivity contribution >= 4 is 45.2 Å². The lowest BCUT2D eigenvalue weighted by molar-refractivity contribution is 0.362. The van der Waals surface area contributed by atoms with Crippen LogP contribution in [0.3, 0.4) is 0 Å². The Bertz CT molecular complexity index is 429. The summed E-state index contributed by atoms with van der Waals surface area (Å²) in [5, 5.41) is 4.65. The van der Waals surface area contributed by atoms with Gasteiger partial charge in [-0.3, -0.25) is 4.68 Å². The van der Waals surface area contributed by atoms with Crippen molar-refractivity contribution in [3.63, 3.8) is 0 Å². The Morgan fingerprint density at radius 1 is 0.952 bits per heavy atom. The summed E-state index contributed by atoms with van der Waals surface area (Å²) in [7, 11) is 2.07. The van der Waals surface area contributed by atoms with Gasteiger partial charge in [0.05, 0.1) is 0 Å². The van der Waals surface area contributed by atoms with E-state index in [-0.39, 0.29) is 0 Å². The van der Waals surface area contributed by atoms with Crippen LogP contribution in [0.2, 0.25) is 0 Å². The molecule has 1 aromatic rings. The number of rotatable bonds is 10. The van der Waals surface area contributed by atoms with Crippen LogP contribution in [0.1, 0.15) is 84.1 Å². The Hall–Kier alpha value is 0.670.